The normalized spacial score (nSPS) is 47.8. The van der Waals surface area contributed by atoms with Crippen LogP contribution in [0.25, 0.3) is 0 Å². The summed E-state index contributed by atoms with van der Waals surface area (Å²) in [6.45, 7) is 4.75. The lowest BCUT2D eigenvalue weighted by Gasteiger charge is -2.56. The Morgan fingerprint density at radius 3 is 2.68 bits per heavy atom. The molecule has 0 saturated heterocycles. The Labute approximate surface area is 167 Å². The van der Waals surface area contributed by atoms with Gasteiger partial charge in [-0.25, -0.2) is 4.68 Å². The highest BCUT2D eigenvalue weighted by atomic mass is 16.3. The lowest BCUT2D eigenvalue weighted by atomic mass is 9.49. The van der Waals surface area contributed by atoms with Crippen molar-refractivity contribution in [1.82, 2.24) is 20.2 Å². The van der Waals surface area contributed by atoms with Crippen molar-refractivity contribution >= 4 is 5.78 Å². The Bertz CT molecular complexity index is 733. The van der Waals surface area contributed by atoms with Crippen LogP contribution in [0.4, 0.5) is 0 Å². The SMILES string of the molecule is C[C@@]1(O)CC[C@H]2[C@H](CC[C@@H]3[C@@H]2CC[C@]2(C)[C@@H](C(=O)Cn4cnnn4)CC[C@@H]32)C1. The molecule has 0 bridgehead atoms. The summed E-state index contributed by atoms with van der Waals surface area (Å²) in [6, 6.07) is 0. The van der Waals surface area contributed by atoms with E-state index in [4.69, 9.17) is 0 Å². The van der Waals surface area contributed by atoms with Gasteiger partial charge in [0, 0.05) is 5.92 Å². The maximum Gasteiger partial charge on any atom is 0.158 e. The van der Waals surface area contributed by atoms with Crippen molar-refractivity contribution in [3.63, 3.8) is 0 Å². The van der Waals surface area contributed by atoms with Crippen LogP contribution in [0.15, 0.2) is 6.33 Å². The summed E-state index contributed by atoms with van der Waals surface area (Å²) < 4.78 is 1.57. The first-order valence-corrected chi connectivity index (χ1v) is 11.3. The topological polar surface area (TPSA) is 80.9 Å². The molecule has 0 aliphatic heterocycles. The molecule has 0 aromatic carbocycles. The molecule has 154 valence electrons. The van der Waals surface area contributed by atoms with E-state index in [1.807, 2.05) is 6.92 Å². The average Bonchev–Trinajstić information content (AvgIpc) is 3.27. The Hall–Kier alpha value is -1.30. The quantitative estimate of drug-likeness (QED) is 0.862. The molecule has 4 aliphatic rings. The third-order valence-corrected chi connectivity index (χ3v) is 9.33. The van der Waals surface area contributed by atoms with Gasteiger partial charge in [0.1, 0.15) is 12.9 Å². The Balaban J connectivity index is 1.32. The number of Topliss-reactive ketones (excluding diaryl/α,β-unsaturated/α-hetero) is 1. The van der Waals surface area contributed by atoms with Crippen LogP contribution >= 0.6 is 0 Å². The summed E-state index contributed by atoms with van der Waals surface area (Å²) in [5.74, 6) is 4.30. The highest BCUT2D eigenvalue weighted by Gasteiger charge is 2.58. The van der Waals surface area contributed by atoms with E-state index in [9.17, 15) is 9.90 Å². The van der Waals surface area contributed by atoms with E-state index in [0.29, 0.717) is 24.2 Å². The van der Waals surface area contributed by atoms with Gasteiger partial charge >= 0.3 is 0 Å². The maximum atomic E-state index is 13.1. The van der Waals surface area contributed by atoms with Crippen molar-refractivity contribution in [1.29, 1.82) is 0 Å². The summed E-state index contributed by atoms with van der Waals surface area (Å²) >= 11 is 0. The predicted octanol–water partition coefficient (Wildman–Crippen LogP) is 3.26. The molecule has 6 heteroatoms. The molecule has 0 spiro atoms. The fourth-order valence-electron chi connectivity index (χ4n) is 8.13. The molecule has 1 aromatic rings. The average molecular weight is 387 g/mol. The van der Waals surface area contributed by atoms with Crippen LogP contribution in [-0.2, 0) is 11.3 Å². The Morgan fingerprint density at radius 2 is 1.89 bits per heavy atom. The van der Waals surface area contributed by atoms with Crippen LogP contribution in [0.3, 0.4) is 0 Å². The third-order valence-electron chi connectivity index (χ3n) is 9.33. The number of hydrogen-bond acceptors (Lipinski definition) is 5. The number of tetrazole rings is 1. The molecule has 4 saturated carbocycles. The molecule has 1 aromatic heterocycles. The number of ketones is 1. The fraction of sp³-hybridized carbons (Fsp3) is 0.909. The van der Waals surface area contributed by atoms with Gasteiger partial charge in [0.05, 0.1) is 5.60 Å². The monoisotopic (exact) mass is 386 g/mol. The zero-order chi connectivity index (χ0) is 19.5. The van der Waals surface area contributed by atoms with Gasteiger partial charge in [-0.3, -0.25) is 4.79 Å². The van der Waals surface area contributed by atoms with Gasteiger partial charge in [-0.15, -0.1) is 5.10 Å². The first kappa shape index (κ1) is 18.7. The number of carbonyl (C=O) groups is 1. The van der Waals surface area contributed by atoms with Crippen LogP contribution in [-0.4, -0.2) is 36.7 Å². The lowest BCUT2D eigenvalue weighted by Crippen LogP contribution is -2.51. The van der Waals surface area contributed by atoms with Crippen molar-refractivity contribution in [2.45, 2.75) is 83.8 Å². The fourth-order valence-corrected chi connectivity index (χ4v) is 8.13. The van der Waals surface area contributed by atoms with E-state index >= 15 is 0 Å². The molecule has 0 unspecified atom stereocenters. The largest absolute Gasteiger partial charge is 0.390 e. The summed E-state index contributed by atoms with van der Waals surface area (Å²) in [6.07, 6.45) is 12.0. The molecular formula is C22H34N4O2. The summed E-state index contributed by atoms with van der Waals surface area (Å²) in [5.41, 5.74) is -0.294. The van der Waals surface area contributed by atoms with Crippen LogP contribution < -0.4 is 0 Å². The van der Waals surface area contributed by atoms with Gasteiger partial charge in [-0.05, 0) is 110 Å². The second kappa shape index (κ2) is 6.61. The van der Waals surface area contributed by atoms with Crippen LogP contribution in [0.5, 0.6) is 0 Å². The molecule has 4 aliphatic carbocycles. The number of carbonyl (C=O) groups excluding carboxylic acids is 1. The molecule has 0 amide bonds. The van der Waals surface area contributed by atoms with E-state index < -0.39 is 5.60 Å². The summed E-state index contributed by atoms with van der Waals surface area (Å²) in [7, 11) is 0. The highest BCUT2D eigenvalue weighted by Crippen LogP contribution is 2.64. The minimum absolute atomic E-state index is 0.152. The van der Waals surface area contributed by atoms with Crippen molar-refractivity contribution < 1.29 is 9.90 Å². The van der Waals surface area contributed by atoms with E-state index in [1.54, 1.807) is 11.0 Å². The van der Waals surface area contributed by atoms with Crippen LogP contribution in [0, 0.1) is 40.9 Å². The Morgan fingerprint density at radius 1 is 1.07 bits per heavy atom. The third kappa shape index (κ3) is 2.94. The number of aromatic nitrogens is 4. The molecule has 0 radical (unpaired) electrons. The minimum atomic E-state index is -0.446. The molecule has 1 heterocycles. The molecular weight excluding hydrogens is 352 g/mol. The Kier molecular flexibility index (Phi) is 4.42. The van der Waals surface area contributed by atoms with Crippen molar-refractivity contribution in [2.75, 3.05) is 0 Å². The van der Waals surface area contributed by atoms with Crippen LogP contribution in [0.2, 0.25) is 0 Å². The molecule has 1 N–H and O–H groups in total. The van der Waals surface area contributed by atoms with Crippen molar-refractivity contribution in [3.05, 3.63) is 6.33 Å². The number of aliphatic hydroxyl groups is 1. The first-order chi connectivity index (χ1) is 13.4. The number of fused-ring (bicyclic) bond motifs is 5. The second-order valence-electron chi connectivity index (χ2n) is 10.8. The zero-order valence-electron chi connectivity index (χ0n) is 17.3. The molecule has 5 rings (SSSR count). The van der Waals surface area contributed by atoms with Gasteiger partial charge in [0.15, 0.2) is 5.78 Å². The second-order valence-corrected chi connectivity index (χ2v) is 10.8. The van der Waals surface area contributed by atoms with E-state index in [-0.39, 0.29) is 11.3 Å². The van der Waals surface area contributed by atoms with Gasteiger partial charge in [0.25, 0.3) is 0 Å². The van der Waals surface area contributed by atoms with E-state index in [0.717, 1.165) is 37.0 Å². The molecule has 28 heavy (non-hydrogen) atoms. The lowest BCUT2D eigenvalue weighted by molar-refractivity contribution is -0.133. The van der Waals surface area contributed by atoms with E-state index in [1.165, 1.54) is 38.5 Å². The molecule has 6 nitrogen and oxygen atoms in total. The zero-order valence-corrected chi connectivity index (χ0v) is 17.3. The van der Waals surface area contributed by atoms with Gasteiger partial charge in [0.2, 0.25) is 0 Å². The maximum absolute atomic E-state index is 13.1. The number of nitrogens with zero attached hydrogens (tertiary/aromatic N) is 4. The highest BCUT2D eigenvalue weighted by molar-refractivity contribution is 5.82. The van der Waals surface area contributed by atoms with Gasteiger partial charge < -0.3 is 5.11 Å². The number of hydrogen-bond donors (Lipinski definition) is 1. The standard InChI is InChI=1S/C22H34N4O2/c1-21(28)9-7-15-14(11-21)3-4-17-16(15)8-10-22(2)18(17)5-6-19(22)20(27)12-26-13-23-24-25-26/h13-19,28H,3-12H2,1-2H3/t14-,15+,16-,17-,18+,19-,21-,22+/m1/s1. The van der Waals surface area contributed by atoms with Gasteiger partial charge in [-0.1, -0.05) is 6.92 Å². The first-order valence-electron chi connectivity index (χ1n) is 11.3. The predicted molar refractivity (Wildman–Crippen MR) is 104 cm³/mol. The molecule has 8 atom stereocenters. The minimum Gasteiger partial charge on any atom is -0.390 e. The van der Waals surface area contributed by atoms with E-state index in [2.05, 4.69) is 22.4 Å². The van der Waals surface area contributed by atoms with Crippen molar-refractivity contribution in [3.8, 4) is 0 Å². The van der Waals surface area contributed by atoms with Gasteiger partial charge in [-0.2, -0.15) is 0 Å². The molecule has 4 fully saturated rings. The van der Waals surface area contributed by atoms with Crippen molar-refractivity contribution in [2.24, 2.45) is 40.9 Å². The number of rotatable bonds is 3. The summed E-state index contributed by atoms with van der Waals surface area (Å²) in [4.78, 5) is 13.1. The van der Waals surface area contributed by atoms with Crippen LogP contribution in [0.1, 0.15) is 71.6 Å². The summed E-state index contributed by atoms with van der Waals surface area (Å²) in [5, 5.41) is 21.8. The smallest absolute Gasteiger partial charge is 0.158 e.